The van der Waals surface area contributed by atoms with Gasteiger partial charge in [-0.3, -0.25) is 19.5 Å². The van der Waals surface area contributed by atoms with Crippen LogP contribution in [-0.4, -0.2) is 52.3 Å². The quantitative estimate of drug-likeness (QED) is 0.905. The fourth-order valence-electron chi connectivity index (χ4n) is 4.11. The Balaban J connectivity index is 1.66. The minimum atomic E-state index is -0.0353. The van der Waals surface area contributed by atoms with E-state index in [2.05, 4.69) is 27.3 Å². The number of amides is 2. The third-order valence-corrected chi connectivity index (χ3v) is 5.42. The molecule has 0 spiro atoms. The van der Waals surface area contributed by atoms with E-state index in [0.29, 0.717) is 18.6 Å². The molecule has 0 radical (unpaired) electrons. The Labute approximate surface area is 149 Å². The molecule has 6 heteroatoms. The van der Waals surface area contributed by atoms with E-state index in [9.17, 15) is 9.59 Å². The summed E-state index contributed by atoms with van der Waals surface area (Å²) < 4.78 is 0. The van der Waals surface area contributed by atoms with Crippen LogP contribution in [0.5, 0.6) is 0 Å². The maximum absolute atomic E-state index is 11.5. The minimum absolute atomic E-state index is 0.0353. The standard InChI is InChI=1S/C19H28N4O2/c1-14(24)21-13-17-12-16(5-8-20-17)19-4-3-9-23(19)18-6-10-22(11-7-18)15(2)25/h5,8,12,18-19H,3-4,6-7,9-11,13H2,1-2H3,(H,21,24)/t19-/m1/s1. The molecular weight excluding hydrogens is 316 g/mol. The van der Waals surface area contributed by atoms with Gasteiger partial charge in [-0.1, -0.05) is 0 Å². The molecule has 0 aromatic carbocycles. The van der Waals surface area contributed by atoms with Gasteiger partial charge in [0.25, 0.3) is 0 Å². The molecule has 6 nitrogen and oxygen atoms in total. The van der Waals surface area contributed by atoms with Gasteiger partial charge in [-0.15, -0.1) is 0 Å². The van der Waals surface area contributed by atoms with Crippen molar-refractivity contribution in [1.29, 1.82) is 0 Å². The maximum atomic E-state index is 11.5. The number of carbonyl (C=O) groups is 2. The number of hydrogen-bond donors (Lipinski definition) is 1. The van der Waals surface area contributed by atoms with Crippen LogP contribution in [0.4, 0.5) is 0 Å². The van der Waals surface area contributed by atoms with Gasteiger partial charge in [-0.05, 0) is 49.9 Å². The average molecular weight is 344 g/mol. The number of nitrogens with zero attached hydrogens (tertiary/aromatic N) is 3. The van der Waals surface area contributed by atoms with Crippen molar-refractivity contribution >= 4 is 11.8 Å². The zero-order valence-electron chi connectivity index (χ0n) is 15.2. The van der Waals surface area contributed by atoms with E-state index in [1.165, 1.54) is 18.9 Å². The zero-order chi connectivity index (χ0) is 17.8. The summed E-state index contributed by atoms with van der Waals surface area (Å²) >= 11 is 0. The Morgan fingerprint density at radius 1 is 1.20 bits per heavy atom. The number of piperidine rings is 1. The van der Waals surface area contributed by atoms with Gasteiger partial charge in [0.05, 0.1) is 12.2 Å². The lowest BCUT2D eigenvalue weighted by molar-refractivity contribution is -0.130. The van der Waals surface area contributed by atoms with Gasteiger partial charge >= 0.3 is 0 Å². The molecule has 25 heavy (non-hydrogen) atoms. The minimum Gasteiger partial charge on any atom is -0.351 e. The summed E-state index contributed by atoms with van der Waals surface area (Å²) in [6, 6.07) is 5.21. The molecule has 2 amide bonds. The van der Waals surface area contributed by atoms with Crippen LogP contribution in [0.3, 0.4) is 0 Å². The highest BCUT2D eigenvalue weighted by atomic mass is 16.2. The molecule has 1 atom stereocenters. The molecular formula is C19H28N4O2. The van der Waals surface area contributed by atoms with E-state index in [4.69, 9.17) is 0 Å². The Kier molecular flexibility index (Phi) is 5.68. The number of aromatic nitrogens is 1. The van der Waals surface area contributed by atoms with Crippen molar-refractivity contribution in [3.05, 3.63) is 29.6 Å². The molecule has 1 aromatic rings. The molecule has 0 bridgehead atoms. The first-order valence-electron chi connectivity index (χ1n) is 9.25. The van der Waals surface area contributed by atoms with Crippen LogP contribution in [0.1, 0.15) is 56.8 Å². The highest BCUT2D eigenvalue weighted by Crippen LogP contribution is 2.36. The van der Waals surface area contributed by atoms with E-state index in [1.807, 2.05) is 11.1 Å². The molecule has 2 aliphatic rings. The van der Waals surface area contributed by atoms with E-state index < -0.39 is 0 Å². The average Bonchev–Trinajstić information content (AvgIpc) is 3.10. The number of carbonyl (C=O) groups excluding carboxylic acids is 2. The third-order valence-electron chi connectivity index (χ3n) is 5.42. The number of hydrogen-bond acceptors (Lipinski definition) is 4. The Morgan fingerprint density at radius 2 is 1.96 bits per heavy atom. The number of nitrogens with one attached hydrogen (secondary N) is 1. The molecule has 136 valence electrons. The largest absolute Gasteiger partial charge is 0.351 e. The molecule has 2 saturated heterocycles. The predicted octanol–water partition coefficient (Wildman–Crippen LogP) is 1.87. The van der Waals surface area contributed by atoms with Crippen LogP contribution in [0.25, 0.3) is 0 Å². The van der Waals surface area contributed by atoms with Crippen LogP contribution in [0, 0.1) is 0 Å². The van der Waals surface area contributed by atoms with Gasteiger partial charge in [-0.25, -0.2) is 0 Å². The second-order valence-electron chi connectivity index (χ2n) is 7.12. The smallest absolute Gasteiger partial charge is 0.219 e. The second-order valence-corrected chi connectivity index (χ2v) is 7.12. The lowest BCUT2D eigenvalue weighted by Crippen LogP contribution is -2.45. The molecule has 0 saturated carbocycles. The zero-order valence-corrected chi connectivity index (χ0v) is 15.2. The first-order chi connectivity index (χ1) is 12.0. The fourth-order valence-corrected chi connectivity index (χ4v) is 4.11. The van der Waals surface area contributed by atoms with Gasteiger partial charge in [0.15, 0.2) is 0 Å². The molecule has 1 aromatic heterocycles. The van der Waals surface area contributed by atoms with Crippen LogP contribution >= 0.6 is 0 Å². The van der Waals surface area contributed by atoms with Crippen molar-refractivity contribution in [1.82, 2.24) is 20.1 Å². The highest BCUT2D eigenvalue weighted by molar-refractivity contribution is 5.73. The SMILES string of the molecule is CC(=O)NCc1cc([C@H]2CCCN2C2CCN(C(C)=O)CC2)ccn1. The van der Waals surface area contributed by atoms with Gasteiger partial charge in [0, 0.05) is 45.2 Å². The van der Waals surface area contributed by atoms with Crippen molar-refractivity contribution < 1.29 is 9.59 Å². The molecule has 2 fully saturated rings. The highest BCUT2D eigenvalue weighted by Gasteiger charge is 2.34. The molecule has 3 rings (SSSR count). The van der Waals surface area contributed by atoms with Crippen LogP contribution in [0.15, 0.2) is 18.3 Å². The number of rotatable bonds is 4. The first-order valence-corrected chi connectivity index (χ1v) is 9.25. The van der Waals surface area contributed by atoms with Gasteiger partial charge in [0.2, 0.25) is 11.8 Å². The maximum Gasteiger partial charge on any atom is 0.219 e. The Morgan fingerprint density at radius 3 is 2.64 bits per heavy atom. The lowest BCUT2D eigenvalue weighted by atomic mass is 9.99. The summed E-state index contributed by atoms with van der Waals surface area (Å²) in [7, 11) is 0. The van der Waals surface area contributed by atoms with Gasteiger partial charge in [0.1, 0.15) is 0 Å². The molecule has 0 aliphatic carbocycles. The van der Waals surface area contributed by atoms with Crippen LogP contribution in [0.2, 0.25) is 0 Å². The summed E-state index contributed by atoms with van der Waals surface area (Å²) in [4.78, 5) is 31.6. The van der Waals surface area contributed by atoms with Crippen molar-refractivity contribution in [2.75, 3.05) is 19.6 Å². The van der Waals surface area contributed by atoms with E-state index in [0.717, 1.165) is 44.6 Å². The van der Waals surface area contributed by atoms with Crippen LogP contribution < -0.4 is 5.32 Å². The predicted molar refractivity (Wildman–Crippen MR) is 95.7 cm³/mol. The van der Waals surface area contributed by atoms with Gasteiger partial charge in [-0.2, -0.15) is 0 Å². The monoisotopic (exact) mass is 344 g/mol. The van der Waals surface area contributed by atoms with E-state index >= 15 is 0 Å². The molecule has 2 aliphatic heterocycles. The van der Waals surface area contributed by atoms with E-state index in [1.54, 1.807) is 6.92 Å². The Bertz CT molecular complexity index is 626. The summed E-state index contributed by atoms with van der Waals surface area (Å²) in [6.07, 6.45) is 6.33. The second kappa shape index (κ2) is 7.95. The van der Waals surface area contributed by atoms with Crippen molar-refractivity contribution in [2.24, 2.45) is 0 Å². The lowest BCUT2D eigenvalue weighted by Gasteiger charge is -2.39. The number of likely N-dealkylation sites (tertiary alicyclic amines) is 2. The summed E-state index contributed by atoms with van der Waals surface area (Å²) in [5, 5.41) is 2.82. The molecule has 0 unspecified atom stereocenters. The summed E-state index contributed by atoms with van der Waals surface area (Å²) in [5.41, 5.74) is 2.20. The summed E-state index contributed by atoms with van der Waals surface area (Å²) in [5.74, 6) is 0.153. The van der Waals surface area contributed by atoms with Crippen LogP contribution in [-0.2, 0) is 16.1 Å². The Hall–Kier alpha value is -1.95. The van der Waals surface area contributed by atoms with Crippen molar-refractivity contribution in [3.8, 4) is 0 Å². The van der Waals surface area contributed by atoms with E-state index in [-0.39, 0.29) is 11.8 Å². The van der Waals surface area contributed by atoms with Crippen molar-refractivity contribution in [3.63, 3.8) is 0 Å². The third kappa shape index (κ3) is 4.37. The normalized spacial score (nSPS) is 22.2. The van der Waals surface area contributed by atoms with Crippen molar-refractivity contribution in [2.45, 2.75) is 58.2 Å². The van der Waals surface area contributed by atoms with Gasteiger partial charge < -0.3 is 10.2 Å². The first kappa shape index (κ1) is 17.9. The molecule has 3 heterocycles. The summed E-state index contributed by atoms with van der Waals surface area (Å²) in [6.45, 7) is 6.52. The fraction of sp³-hybridized carbons (Fsp3) is 0.632. The number of pyridine rings is 1. The topological polar surface area (TPSA) is 65.5 Å². The molecule has 1 N–H and O–H groups in total.